The minimum absolute atomic E-state index is 0.0123. The van der Waals surface area contributed by atoms with Crippen molar-refractivity contribution in [1.82, 2.24) is 9.78 Å². The molecule has 124 valence electrons. The van der Waals surface area contributed by atoms with Crippen molar-refractivity contribution in [2.45, 2.75) is 38.1 Å². The monoisotopic (exact) mass is 344 g/mol. The van der Waals surface area contributed by atoms with Gasteiger partial charge in [0.1, 0.15) is 11.2 Å². The van der Waals surface area contributed by atoms with Crippen molar-refractivity contribution in [2.75, 3.05) is 10.6 Å². The molecule has 0 aliphatic carbocycles. The van der Waals surface area contributed by atoms with E-state index in [0.29, 0.717) is 27.7 Å². The Morgan fingerprint density at radius 3 is 2.71 bits per heavy atom. The summed E-state index contributed by atoms with van der Waals surface area (Å²) in [6.07, 6.45) is 1.68. The number of rotatable bonds is 0. The molecule has 0 fully saturated rings. The van der Waals surface area contributed by atoms with Crippen LogP contribution in [0.25, 0.3) is 0 Å². The molecule has 2 aliphatic heterocycles. The molecule has 2 aromatic rings. The first-order chi connectivity index (χ1) is 11.2. The number of benzene rings is 1. The normalized spacial score (nSPS) is 22.2. The number of aromatic nitrogens is 2. The topological polar surface area (TPSA) is 76.0 Å². The van der Waals surface area contributed by atoms with Gasteiger partial charge in [-0.1, -0.05) is 17.7 Å². The number of carbonyl (C=O) groups is 2. The smallest absolute Gasteiger partial charge is 0.240 e. The zero-order valence-corrected chi connectivity index (χ0v) is 14.4. The molecule has 6 nitrogen and oxygen atoms in total. The predicted molar refractivity (Wildman–Crippen MR) is 91.3 cm³/mol. The molecule has 2 N–H and O–H groups in total. The van der Waals surface area contributed by atoms with E-state index in [1.807, 2.05) is 20.8 Å². The van der Waals surface area contributed by atoms with Gasteiger partial charge in [-0.25, -0.2) is 4.68 Å². The van der Waals surface area contributed by atoms with Gasteiger partial charge in [0.25, 0.3) is 0 Å². The molecule has 1 spiro atoms. The predicted octanol–water partition coefficient (Wildman–Crippen LogP) is 2.87. The van der Waals surface area contributed by atoms with E-state index >= 15 is 0 Å². The molecule has 0 bridgehead atoms. The molecule has 24 heavy (non-hydrogen) atoms. The molecule has 0 radical (unpaired) electrons. The van der Waals surface area contributed by atoms with Crippen LogP contribution in [0, 0.1) is 0 Å². The largest absolute Gasteiger partial charge is 0.325 e. The first-order valence-electron chi connectivity index (χ1n) is 7.74. The van der Waals surface area contributed by atoms with Crippen molar-refractivity contribution in [1.29, 1.82) is 0 Å². The second kappa shape index (κ2) is 4.60. The van der Waals surface area contributed by atoms with Crippen LogP contribution >= 0.6 is 11.6 Å². The van der Waals surface area contributed by atoms with Crippen molar-refractivity contribution in [2.24, 2.45) is 0 Å². The van der Waals surface area contributed by atoms with Crippen LogP contribution in [0.4, 0.5) is 11.5 Å². The molecule has 1 atom stereocenters. The van der Waals surface area contributed by atoms with Gasteiger partial charge >= 0.3 is 0 Å². The summed E-state index contributed by atoms with van der Waals surface area (Å²) >= 11 is 6.42. The van der Waals surface area contributed by atoms with E-state index in [9.17, 15) is 9.59 Å². The number of hydrogen-bond acceptors (Lipinski definition) is 3. The lowest BCUT2D eigenvalue weighted by Crippen LogP contribution is -2.44. The second-order valence-corrected chi connectivity index (χ2v) is 7.64. The van der Waals surface area contributed by atoms with Crippen LogP contribution in [-0.2, 0) is 20.5 Å². The second-order valence-electron chi connectivity index (χ2n) is 7.24. The summed E-state index contributed by atoms with van der Waals surface area (Å²) in [5.41, 5.74) is 0.520. The molecule has 7 heteroatoms. The molecule has 3 heterocycles. The van der Waals surface area contributed by atoms with E-state index in [-0.39, 0.29) is 23.8 Å². The molecule has 1 aromatic carbocycles. The summed E-state index contributed by atoms with van der Waals surface area (Å²) in [5.74, 6) is 0.0910. The number of halogens is 1. The Labute approximate surface area is 144 Å². The maximum atomic E-state index is 12.9. The highest BCUT2D eigenvalue weighted by atomic mass is 35.5. The van der Waals surface area contributed by atoms with Crippen LogP contribution in [0.2, 0.25) is 5.02 Å². The van der Waals surface area contributed by atoms with Crippen molar-refractivity contribution in [3.8, 4) is 0 Å². The highest BCUT2D eigenvalue weighted by molar-refractivity contribution is 6.33. The van der Waals surface area contributed by atoms with Crippen molar-refractivity contribution in [3.63, 3.8) is 0 Å². The number of hydrogen-bond donors (Lipinski definition) is 2. The van der Waals surface area contributed by atoms with Crippen molar-refractivity contribution >= 4 is 34.9 Å². The number of nitrogens with zero attached hydrogens (tertiary/aromatic N) is 2. The fraction of sp³-hybridized carbons (Fsp3) is 0.353. The quantitative estimate of drug-likeness (QED) is 0.771. The van der Waals surface area contributed by atoms with Gasteiger partial charge in [0.05, 0.1) is 11.7 Å². The molecule has 0 saturated carbocycles. The van der Waals surface area contributed by atoms with Crippen LogP contribution < -0.4 is 10.6 Å². The maximum absolute atomic E-state index is 12.9. The Morgan fingerprint density at radius 2 is 2.00 bits per heavy atom. The maximum Gasteiger partial charge on any atom is 0.240 e. The van der Waals surface area contributed by atoms with Gasteiger partial charge in [0, 0.05) is 28.3 Å². The van der Waals surface area contributed by atoms with E-state index < -0.39 is 5.41 Å². The summed E-state index contributed by atoms with van der Waals surface area (Å²) in [4.78, 5) is 25.4. The molecular weight excluding hydrogens is 328 g/mol. The van der Waals surface area contributed by atoms with Crippen LogP contribution in [0.1, 0.15) is 38.3 Å². The molecular formula is C17H17ClN4O2. The van der Waals surface area contributed by atoms with Gasteiger partial charge in [0.15, 0.2) is 0 Å². The third-order valence-corrected chi connectivity index (χ3v) is 4.94. The Balaban J connectivity index is 2.05. The number of anilines is 2. The lowest BCUT2D eigenvalue weighted by Gasteiger charge is -2.33. The zero-order chi connectivity index (χ0) is 17.3. The molecule has 2 amide bonds. The molecule has 0 unspecified atom stereocenters. The number of carbonyl (C=O) groups excluding carboxylic acids is 2. The summed E-state index contributed by atoms with van der Waals surface area (Å²) in [6, 6.07) is 5.32. The number of amides is 2. The first-order valence-corrected chi connectivity index (χ1v) is 8.12. The van der Waals surface area contributed by atoms with E-state index in [2.05, 4.69) is 15.7 Å². The SMILES string of the molecule is CC(C)(C)n1ncc2c1NC(=O)C[C@@]21C(=O)Nc2cccc(Cl)c21. The standard InChI is InChI=1S/C17H17ClN4O2/c1-16(2,3)22-14-9(8-19-22)17(7-12(23)21-14)13-10(18)5-4-6-11(13)20-15(17)24/h4-6,8H,7H2,1-3H3,(H,20,24)(H,21,23)/t17-/m1/s1. The Morgan fingerprint density at radius 1 is 1.25 bits per heavy atom. The van der Waals surface area contributed by atoms with E-state index in [4.69, 9.17) is 11.6 Å². The van der Waals surface area contributed by atoms with Gasteiger partial charge in [-0.3, -0.25) is 9.59 Å². The minimum atomic E-state index is -1.13. The fourth-order valence-corrected chi connectivity index (χ4v) is 3.97. The molecule has 1 aromatic heterocycles. The highest BCUT2D eigenvalue weighted by Crippen LogP contribution is 2.52. The Bertz CT molecular complexity index is 896. The van der Waals surface area contributed by atoms with Crippen LogP contribution in [0.5, 0.6) is 0 Å². The Kier molecular flexibility index (Phi) is 2.91. The summed E-state index contributed by atoms with van der Waals surface area (Å²) in [6.45, 7) is 5.97. The fourth-order valence-electron chi connectivity index (χ4n) is 3.63. The van der Waals surface area contributed by atoms with Gasteiger partial charge in [-0.05, 0) is 32.9 Å². The molecule has 4 rings (SSSR count). The van der Waals surface area contributed by atoms with Crippen LogP contribution in [-0.4, -0.2) is 21.6 Å². The van der Waals surface area contributed by atoms with E-state index in [1.165, 1.54) is 0 Å². The average Bonchev–Trinajstić information content (AvgIpc) is 3.00. The Hall–Kier alpha value is -2.34. The lowest BCUT2D eigenvalue weighted by atomic mass is 9.71. The molecule has 0 saturated heterocycles. The zero-order valence-electron chi connectivity index (χ0n) is 13.6. The van der Waals surface area contributed by atoms with Gasteiger partial charge in [0.2, 0.25) is 11.8 Å². The number of fused-ring (bicyclic) bond motifs is 4. The summed E-state index contributed by atoms with van der Waals surface area (Å²) in [7, 11) is 0. The van der Waals surface area contributed by atoms with Gasteiger partial charge in [-0.15, -0.1) is 0 Å². The molecule has 2 aliphatic rings. The third kappa shape index (κ3) is 1.80. The van der Waals surface area contributed by atoms with Crippen molar-refractivity contribution < 1.29 is 9.59 Å². The highest BCUT2D eigenvalue weighted by Gasteiger charge is 2.55. The summed E-state index contributed by atoms with van der Waals surface area (Å²) in [5, 5.41) is 10.6. The summed E-state index contributed by atoms with van der Waals surface area (Å²) < 4.78 is 1.74. The van der Waals surface area contributed by atoms with Crippen LogP contribution in [0.15, 0.2) is 24.4 Å². The third-order valence-electron chi connectivity index (χ3n) is 4.62. The number of nitrogens with one attached hydrogen (secondary N) is 2. The van der Waals surface area contributed by atoms with E-state index in [0.717, 1.165) is 0 Å². The van der Waals surface area contributed by atoms with Crippen LogP contribution in [0.3, 0.4) is 0 Å². The van der Waals surface area contributed by atoms with E-state index in [1.54, 1.807) is 29.1 Å². The first kappa shape index (κ1) is 15.2. The average molecular weight is 345 g/mol. The van der Waals surface area contributed by atoms with Gasteiger partial charge < -0.3 is 10.6 Å². The van der Waals surface area contributed by atoms with Crippen molar-refractivity contribution in [3.05, 3.63) is 40.5 Å². The minimum Gasteiger partial charge on any atom is -0.325 e. The lowest BCUT2D eigenvalue weighted by molar-refractivity contribution is -0.125. The van der Waals surface area contributed by atoms with Gasteiger partial charge in [-0.2, -0.15) is 5.10 Å².